The molecular weight excluding hydrogens is 225 g/mol. The van der Waals surface area contributed by atoms with Crippen molar-refractivity contribution in [1.29, 1.82) is 0 Å². The zero-order valence-corrected chi connectivity index (χ0v) is 10.6. The van der Waals surface area contributed by atoms with E-state index >= 15 is 0 Å². The van der Waals surface area contributed by atoms with Crippen molar-refractivity contribution in [3.8, 4) is 0 Å². The Bertz CT molecular complexity index is 318. The van der Waals surface area contributed by atoms with Crippen LogP contribution in [0.15, 0.2) is 18.2 Å². The molecule has 0 saturated carbocycles. The van der Waals surface area contributed by atoms with Gasteiger partial charge in [-0.15, -0.1) is 0 Å². The lowest BCUT2D eigenvalue weighted by Gasteiger charge is -2.14. The van der Waals surface area contributed by atoms with E-state index in [4.69, 9.17) is 17.3 Å². The maximum Gasteiger partial charge on any atom is 0.127 e. The van der Waals surface area contributed by atoms with E-state index in [1.54, 1.807) is 12.1 Å². The van der Waals surface area contributed by atoms with Gasteiger partial charge in [-0.2, -0.15) is 0 Å². The maximum atomic E-state index is 13.5. The topological polar surface area (TPSA) is 26.0 Å². The minimum absolute atomic E-state index is 0.0169. The minimum Gasteiger partial charge on any atom is -0.327 e. The second-order valence-electron chi connectivity index (χ2n) is 4.64. The molecular formula is C13H19ClFN. The van der Waals surface area contributed by atoms with Crippen molar-refractivity contribution in [2.75, 3.05) is 0 Å². The van der Waals surface area contributed by atoms with Gasteiger partial charge in [-0.1, -0.05) is 31.5 Å². The smallest absolute Gasteiger partial charge is 0.127 e. The predicted octanol–water partition coefficient (Wildman–Crippen LogP) is 3.79. The van der Waals surface area contributed by atoms with E-state index in [-0.39, 0.29) is 11.9 Å². The summed E-state index contributed by atoms with van der Waals surface area (Å²) in [7, 11) is 0. The number of nitrogens with two attached hydrogens (primary N) is 1. The van der Waals surface area contributed by atoms with E-state index in [0.717, 1.165) is 12.8 Å². The van der Waals surface area contributed by atoms with Crippen molar-refractivity contribution in [1.82, 2.24) is 0 Å². The molecule has 0 spiro atoms. The molecule has 1 nitrogen and oxygen atoms in total. The number of hydrogen-bond acceptors (Lipinski definition) is 1. The van der Waals surface area contributed by atoms with Gasteiger partial charge < -0.3 is 5.73 Å². The van der Waals surface area contributed by atoms with Gasteiger partial charge in [0.1, 0.15) is 5.82 Å². The summed E-state index contributed by atoms with van der Waals surface area (Å²) in [5.74, 6) is 0.370. The highest BCUT2D eigenvalue weighted by Gasteiger charge is 2.11. The van der Waals surface area contributed by atoms with E-state index in [1.165, 1.54) is 6.07 Å². The molecule has 0 aliphatic rings. The Balaban J connectivity index is 2.59. The Morgan fingerprint density at radius 2 is 2.00 bits per heavy atom. The molecule has 0 aliphatic heterocycles. The molecule has 0 heterocycles. The molecule has 1 atom stereocenters. The van der Waals surface area contributed by atoms with Gasteiger partial charge in [0.25, 0.3) is 0 Å². The second kappa shape index (κ2) is 6.21. The first-order chi connectivity index (χ1) is 7.50. The molecule has 16 heavy (non-hydrogen) atoms. The number of halogens is 2. The minimum atomic E-state index is -0.257. The average molecular weight is 244 g/mol. The fourth-order valence-electron chi connectivity index (χ4n) is 1.64. The lowest BCUT2D eigenvalue weighted by molar-refractivity contribution is 0.488. The van der Waals surface area contributed by atoms with E-state index < -0.39 is 0 Å². The SMILES string of the molecule is CC(C)CCC(N)Cc1c(F)cccc1Cl. The Kier molecular flexibility index (Phi) is 5.23. The molecule has 1 aromatic carbocycles. The summed E-state index contributed by atoms with van der Waals surface area (Å²) >= 11 is 5.94. The van der Waals surface area contributed by atoms with Gasteiger partial charge in [0.05, 0.1) is 0 Å². The molecule has 0 amide bonds. The fourth-order valence-corrected chi connectivity index (χ4v) is 1.88. The third-order valence-electron chi connectivity index (χ3n) is 2.64. The standard InChI is InChI=1S/C13H19ClFN/c1-9(2)6-7-10(16)8-11-12(14)4-3-5-13(11)15/h3-5,9-10H,6-8,16H2,1-2H3. The summed E-state index contributed by atoms with van der Waals surface area (Å²) in [6.07, 6.45) is 2.48. The molecule has 0 aromatic heterocycles. The van der Waals surface area contributed by atoms with Crippen molar-refractivity contribution in [3.05, 3.63) is 34.6 Å². The predicted molar refractivity (Wildman–Crippen MR) is 67.2 cm³/mol. The number of benzene rings is 1. The van der Waals surface area contributed by atoms with Crippen LogP contribution < -0.4 is 5.73 Å². The van der Waals surface area contributed by atoms with Crippen LogP contribution in [0.4, 0.5) is 4.39 Å². The quantitative estimate of drug-likeness (QED) is 0.837. The van der Waals surface area contributed by atoms with Crippen LogP contribution in [0.2, 0.25) is 5.02 Å². The van der Waals surface area contributed by atoms with E-state index in [1.807, 2.05) is 0 Å². The van der Waals surface area contributed by atoms with Crippen LogP contribution in [0.3, 0.4) is 0 Å². The van der Waals surface area contributed by atoms with Crippen molar-refractivity contribution in [2.24, 2.45) is 11.7 Å². The van der Waals surface area contributed by atoms with Gasteiger partial charge in [-0.05, 0) is 37.3 Å². The van der Waals surface area contributed by atoms with Gasteiger partial charge in [0.2, 0.25) is 0 Å². The molecule has 0 bridgehead atoms. The summed E-state index contributed by atoms with van der Waals surface area (Å²) in [6.45, 7) is 4.31. The third-order valence-corrected chi connectivity index (χ3v) is 3.00. The average Bonchev–Trinajstić information content (AvgIpc) is 2.21. The van der Waals surface area contributed by atoms with Crippen LogP contribution in [-0.4, -0.2) is 6.04 Å². The molecule has 3 heteroatoms. The zero-order chi connectivity index (χ0) is 12.1. The largest absolute Gasteiger partial charge is 0.327 e. The van der Waals surface area contributed by atoms with E-state index in [9.17, 15) is 4.39 Å². The Labute approximate surface area is 102 Å². The monoisotopic (exact) mass is 243 g/mol. The third kappa shape index (κ3) is 4.11. The van der Waals surface area contributed by atoms with Crippen LogP contribution in [0, 0.1) is 11.7 Å². The van der Waals surface area contributed by atoms with Gasteiger partial charge in [-0.3, -0.25) is 0 Å². The number of rotatable bonds is 5. The Morgan fingerprint density at radius 3 is 2.56 bits per heavy atom. The zero-order valence-electron chi connectivity index (χ0n) is 9.84. The van der Waals surface area contributed by atoms with Gasteiger partial charge in [0, 0.05) is 16.6 Å². The summed E-state index contributed by atoms with van der Waals surface area (Å²) in [5, 5.41) is 0.472. The Morgan fingerprint density at radius 1 is 1.31 bits per heavy atom. The van der Waals surface area contributed by atoms with Gasteiger partial charge >= 0.3 is 0 Å². The number of hydrogen-bond donors (Lipinski definition) is 1. The van der Waals surface area contributed by atoms with E-state index in [0.29, 0.717) is 22.9 Å². The van der Waals surface area contributed by atoms with Crippen molar-refractivity contribution in [2.45, 2.75) is 39.2 Å². The van der Waals surface area contributed by atoms with Gasteiger partial charge in [-0.25, -0.2) is 4.39 Å². The molecule has 0 aliphatic carbocycles. The summed E-state index contributed by atoms with van der Waals surface area (Å²) in [6, 6.07) is 4.73. The van der Waals surface area contributed by atoms with Crippen LogP contribution >= 0.6 is 11.6 Å². The molecule has 1 aromatic rings. The highest BCUT2D eigenvalue weighted by molar-refractivity contribution is 6.31. The van der Waals surface area contributed by atoms with Crippen LogP contribution in [0.1, 0.15) is 32.3 Å². The van der Waals surface area contributed by atoms with Crippen LogP contribution in [0.25, 0.3) is 0 Å². The molecule has 0 radical (unpaired) electrons. The van der Waals surface area contributed by atoms with Crippen LogP contribution in [0.5, 0.6) is 0 Å². The van der Waals surface area contributed by atoms with Crippen molar-refractivity contribution >= 4 is 11.6 Å². The Hall–Kier alpha value is -0.600. The lowest BCUT2D eigenvalue weighted by atomic mass is 9.98. The lowest BCUT2D eigenvalue weighted by Crippen LogP contribution is -2.24. The molecule has 0 fully saturated rings. The first-order valence-corrected chi connectivity index (χ1v) is 6.07. The summed E-state index contributed by atoms with van der Waals surface area (Å²) in [5.41, 5.74) is 6.51. The molecule has 90 valence electrons. The molecule has 1 rings (SSSR count). The highest BCUT2D eigenvalue weighted by Crippen LogP contribution is 2.21. The van der Waals surface area contributed by atoms with Crippen molar-refractivity contribution < 1.29 is 4.39 Å². The van der Waals surface area contributed by atoms with Gasteiger partial charge in [0.15, 0.2) is 0 Å². The maximum absolute atomic E-state index is 13.5. The van der Waals surface area contributed by atoms with E-state index in [2.05, 4.69) is 13.8 Å². The molecule has 0 saturated heterocycles. The molecule has 2 N–H and O–H groups in total. The summed E-state index contributed by atoms with van der Waals surface area (Å²) < 4.78 is 13.5. The molecule has 1 unspecified atom stereocenters. The first kappa shape index (κ1) is 13.5. The highest BCUT2D eigenvalue weighted by atomic mass is 35.5. The second-order valence-corrected chi connectivity index (χ2v) is 5.04. The normalized spacial score (nSPS) is 13.1. The summed E-state index contributed by atoms with van der Waals surface area (Å²) in [4.78, 5) is 0. The fraction of sp³-hybridized carbons (Fsp3) is 0.538. The first-order valence-electron chi connectivity index (χ1n) is 5.69. The van der Waals surface area contributed by atoms with Crippen molar-refractivity contribution in [3.63, 3.8) is 0 Å². The van der Waals surface area contributed by atoms with Crippen LogP contribution in [-0.2, 0) is 6.42 Å².